The lowest BCUT2D eigenvalue weighted by atomic mass is 9.80. The molecule has 11 heteroatoms. The Balaban J connectivity index is 0.913. The average Bonchev–Trinajstić information content (AvgIpc) is 3.82. The highest BCUT2D eigenvalue weighted by molar-refractivity contribution is 5.86. The second-order valence-electron chi connectivity index (χ2n) is 13.2. The van der Waals surface area contributed by atoms with Crippen molar-refractivity contribution in [2.24, 2.45) is 18.4 Å². The molecule has 2 aromatic rings. The number of hydrazine groups is 1. The van der Waals surface area contributed by atoms with Crippen LogP contribution in [0.25, 0.3) is 17.0 Å². The molecule has 4 unspecified atom stereocenters. The van der Waals surface area contributed by atoms with Crippen LogP contribution in [0.5, 0.6) is 0 Å². The second kappa shape index (κ2) is 11.8. The Morgan fingerprint density at radius 2 is 1.91 bits per heavy atom. The van der Waals surface area contributed by atoms with Crippen molar-refractivity contribution in [1.29, 1.82) is 0 Å². The van der Waals surface area contributed by atoms with Gasteiger partial charge in [-0.05, 0) is 62.8 Å². The number of amides is 2. The summed E-state index contributed by atoms with van der Waals surface area (Å²) < 4.78 is 1.71. The number of aromatic nitrogens is 3. The largest absolute Gasteiger partial charge is 0.339 e. The van der Waals surface area contributed by atoms with E-state index in [2.05, 4.69) is 73.3 Å². The summed E-state index contributed by atoms with van der Waals surface area (Å²) in [6, 6.07) is 9.17. The highest BCUT2D eigenvalue weighted by Gasteiger charge is 2.53. The first kappa shape index (κ1) is 28.6. The summed E-state index contributed by atoms with van der Waals surface area (Å²) in [5.74, 6) is 1.73. The van der Waals surface area contributed by atoms with E-state index in [4.69, 9.17) is 0 Å². The van der Waals surface area contributed by atoms with Gasteiger partial charge in [0, 0.05) is 56.8 Å². The third-order valence-electron chi connectivity index (χ3n) is 10.6. The molecular weight excluding hydrogens is 542 g/mol. The van der Waals surface area contributed by atoms with Gasteiger partial charge in [-0.3, -0.25) is 24.6 Å². The first-order chi connectivity index (χ1) is 20.9. The van der Waals surface area contributed by atoms with Gasteiger partial charge >= 0.3 is 0 Å². The van der Waals surface area contributed by atoms with Gasteiger partial charge in [0.25, 0.3) is 0 Å². The van der Waals surface area contributed by atoms with Crippen molar-refractivity contribution in [1.82, 2.24) is 45.6 Å². The van der Waals surface area contributed by atoms with Crippen LogP contribution in [0.2, 0.25) is 0 Å². The van der Waals surface area contributed by atoms with Crippen LogP contribution in [0.15, 0.2) is 36.7 Å². The Bertz CT molecular complexity index is 1370. The molecule has 7 rings (SSSR count). The minimum absolute atomic E-state index is 0.167. The molecular formula is C32H45N9O2. The van der Waals surface area contributed by atoms with Crippen molar-refractivity contribution in [3.05, 3.63) is 42.2 Å². The zero-order valence-corrected chi connectivity index (χ0v) is 25.5. The van der Waals surface area contributed by atoms with Gasteiger partial charge in [-0.2, -0.15) is 5.10 Å². The van der Waals surface area contributed by atoms with E-state index in [9.17, 15) is 9.59 Å². The van der Waals surface area contributed by atoms with E-state index in [1.54, 1.807) is 11.0 Å². The maximum atomic E-state index is 13.9. The predicted octanol–water partition coefficient (Wildman–Crippen LogP) is 1.60. The van der Waals surface area contributed by atoms with E-state index < -0.39 is 0 Å². The number of carbonyl (C=O) groups excluding carboxylic acids is 2. The van der Waals surface area contributed by atoms with Crippen LogP contribution in [0.3, 0.4) is 0 Å². The summed E-state index contributed by atoms with van der Waals surface area (Å²) in [6.07, 6.45) is 9.99. The molecule has 3 saturated heterocycles. The molecule has 1 saturated carbocycles. The fourth-order valence-corrected chi connectivity index (χ4v) is 8.16. The number of nitrogens with zero attached hydrogens (tertiary/aromatic N) is 6. The van der Waals surface area contributed by atoms with Crippen LogP contribution in [-0.2, 0) is 16.6 Å². The minimum Gasteiger partial charge on any atom is -0.339 e. The number of hydrogen-bond acceptors (Lipinski definition) is 8. The van der Waals surface area contributed by atoms with Crippen LogP contribution >= 0.6 is 0 Å². The highest BCUT2D eigenvalue weighted by atomic mass is 16.2. The van der Waals surface area contributed by atoms with Gasteiger partial charge in [0.1, 0.15) is 6.33 Å². The van der Waals surface area contributed by atoms with E-state index >= 15 is 0 Å². The van der Waals surface area contributed by atoms with Gasteiger partial charge in [-0.1, -0.05) is 37.3 Å². The number of aryl methyl sites for hydroxylation is 1. The quantitative estimate of drug-likeness (QED) is 0.448. The summed E-state index contributed by atoms with van der Waals surface area (Å²) in [7, 11) is 1.87. The van der Waals surface area contributed by atoms with Crippen LogP contribution in [-0.4, -0.2) is 105 Å². The van der Waals surface area contributed by atoms with Gasteiger partial charge in [0.05, 0.1) is 18.1 Å². The molecule has 5 aliphatic rings. The molecule has 0 bridgehead atoms. The molecule has 1 aromatic carbocycles. The molecule has 5 atom stereocenters. The maximum absolute atomic E-state index is 13.9. The summed E-state index contributed by atoms with van der Waals surface area (Å²) >= 11 is 0. The number of fused-ring (bicyclic) bond motifs is 1. The third kappa shape index (κ3) is 5.52. The van der Waals surface area contributed by atoms with Crippen molar-refractivity contribution in [3.63, 3.8) is 0 Å². The molecule has 4 aliphatic heterocycles. The van der Waals surface area contributed by atoms with Crippen LogP contribution in [0.1, 0.15) is 51.0 Å². The van der Waals surface area contributed by atoms with E-state index in [1.165, 1.54) is 11.1 Å². The number of benzene rings is 1. The number of likely N-dealkylation sites (tertiary alicyclic amines) is 2. The van der Waals surface area contributed by atoms with Gasteiger partial charge in [0.15, 0.2) is 5.82 Å². The van der Waals surface area contributed by atoms with E-state index in [-0.39, 0.29) is 17.5 Å². The van der Waals surface area contributed by atoms with Gasteiger partial charge in [-0.15, -0.1) is 0 Å². The van der Waals surface area contributed by atoms with E-state index in [1.807, 2.05) is 11.9 Å². The zero-order valence-electron chi connectivity index (χ0n) is 25.5. The highest BCUT2D eigenvalue weighted by Crippen LogP contribution is 2.44. The normalized spacial score (nSPS) is 31.2. The Hall–Kier alpha value is -3.12. The Morgan fingerprint density at radius 1 is 1.09 bits per heavy atom. The summed E-state index contributed by atoms with van der Waals surface area (Å²) in [4.78, 5) is 37.9. The zero-order chi connectivity index (χ0) is 29.6. The monoisotopic (exact) mass is 587 g/mol. The lowest BCUT2D eigenvalue weighted by Crippen LogP contribution is -2.49. The first-order valence-corrected chi connectivity index (χ1v) is 16.1. The Labute approximate surface area is 254 Å². The molecule has 5 heterocycles. The molecule has 230 valence electrons. The van der Waals surface area contributed by atoms with Crippen molar-refractivity contribution in [2.45, 2.75) is 63.7 Å². The van der Waals surface area contributed by atoms with Crippen molar-refractivity contribution >= 4 is 17.4 Å². The van der Waals surface area contributed by atoms with E-state index in [0.717, 1.165) is 76.1 Å². The molecule has 2 amide bonds. The average molecular weight is 588 g/mol. The van der Waals surface area contributed by atoms with Gasteiger partial charge in [0.2, 0.25) is 11.8 Å². The smallest absolute Gasteiger partial charge is 0.237 e. The minimum atomic E-state index is -0.309. The van der Waals surface area contributed by atoms with Gasteiger partial charge in [-0.25, -0.2) is 10.4 Å². The standard InChI is InChI=1S/C32H45N9O2/c1-3-33-30-26-18-25(8-9-27(26)35-36-30)41-17-13-32(31(41)43)12-16-39(20-32)19-28(42)40-14-10-23(11-15-40)22-4-6-24(7-5-22)29-34-21-38(2)37-29/h4-7,10,21,25-27,30,33,35-36H,3,8-9,11-20H2,1-2H3/t25?,26?,27?,30?,32-/m0/s1. The fraction of sp³-hybridized carbons (Fsp3) is 0.625. The number of hydrogen-bond donors (Lipinski definition) is 3. The molecule has 3 N–H and O–H groups in total. The molecule has 11 nitrogen and oxygen atoms in total. The second-order valence-corrected chi connectivity index (χ2v) is 13.2. The molecule has 0 radical (unpaired) electrons. The van der Waals surface area contributed by atoms with Gasteiger partial charge < -0.3 is 15.1 Å². The van der Waals surface area contributed by atoms with Crippen LogP contribution < -0.4 is 16.2 Å². The molecule has 1 aliphatic carbocycles. The summed E-state index contributed by atoms with van der Waals surface area (Å²) in [5, 5.41) is 7.94. The molecule has 1 spiro atoms. The lowest BCUT2D eigenvalue weighted by Gasteiger charge is -2.38. The Kier molecular flexibility index (Phi) is 7.83. The fourth-order valence-electron chi connectivity index (χ4n) is 8.16. The van der Waals surface area contributed by atoms with Crippen LogP contribution in [0.4, 0.5) is 0 Å². The lowest BCUT2D eigenvalue weighted by molar-refractivity contribution is -0.139. The topological polar surface area (TPSA) is 111 Å². The van der Waals surface area contributed by atoms with Crippen LogP contribution in [0, 0.1) is 11.3 Å². The number of carbonyl (C=O) groups is 2. The maximum Gasteiger partial charge on any atom is 0.237 e. The van der Waals surface area contributed by atoms with Crippen molar-refractivity contribution in [3.8, 4) is 11.4 Å². The third-order valence-corrected chi connectivity index (χ3v) is 10.6. The molecule has 1 aromatic heterocycles. The predicted molar refractivity (Wildman–Crippen MR) is 164 cm³/mol. The Morgan fingerprint density at radius 3 is 2.65 bits per heavy atom. The SMILES string of the molecule is CCNC1NNC2CCC(N3CC[C@]4(CCN(CC(=O)N5CC=C(c6ccc(-c7ncn(C)n7)cc6)CC5)C4)C3=O)CC21. The summed E-state index contributed by atoms with van der Waals surface area (Å²) in [6.45, 7) is 7.22. The van der Waals surface area contributed by atoms with Crippen molar-refractivity contribution < 1.29 is 9.59 Å². The first-order valence-electron chi connectivity index (χ1n) is 16.1. The number of rotatable bonds is 7. The van der Waals surface area contributed by atoms with Crippen molar-refractivity contribution in [2.75, 3.05) is 45.8 Å². The molecule has 4 fully saturated rings. The summed E-state index contributed by atoms with van der Waals surface area (Å²) in [5.41, 5.74) is 10.0. The molecule has 43 heavy (non-hydrogen) atoms. The number of nitrogens with one attached hydrogen (secondary N) is 3. The van der Waals surface area contributed by atoms with E-state index in [0.29, 0.717) is 43.5 Å².